The number of nitrogens with zero attached hydrogens (tertiary/aromatic N) is 1. The third-order valence-electron chi connectivity index (χ3n) is 2.69. The zero-order valence-corrected chi connectivity index (χ0v) is 12.6. The monoisotopic (exact) mass is 335 g/mol. The Bertz CT molecular complexity index is 752. The molecule has 2 rings (SSSR count). The number of hydrogen-bond donors (Lipinski definition) is 2. The second-order valence-corrected chi connectivity index (χ2v) is 4.98. The van der Waals surface area contributed by atoms with Gasteiger partial charge >= 0.3 is 0 Å². The summed E-state index contributed by atoms with van der Waals surface area (Å²) in [5.41, 5.74) is 0.310. The van der Waals surface area contributed by atoms with Crippen molar-refractivity contribution in [1.82, 2.24) is 5.32 Å². The van der Waals surface area contributed by atoms with Crippen molar-refractivity contribution in [2.75, 3.05) is 5.32 Å². The highest BCUT2D eigenvalue weighted by Gasteiger charge is 2.15. The van der Waals surface area contributed by atoms with Gasteiger partial charge in [0.2, 0.25) is 0 Å². The Morgan fingerprint density at radius 2 is 1.77 bits per heavy atom. The molecule has 0 aliphatic rings. The van der Waals surface area contributed by atoms with Gasteiger partial charge in [0.1, 0.15) is 5.69 Å². The molecule has 0 saturated heterocycles. The average Bonchev–Trinajstić information content (AvgIpc) is 2.47. The second-order valence-electron chi connectivity index (χ2n) is 4.16. The van der Waals surface area contributed by atoms with E-state index in [0.29, 0.717) is 0 Å². The molecule has 22 heavy (non-hydrogen) atoms. The maximum Gasteiger partial charge on any atom is 0.292 e. The Balaban J connectivity index is 2.10. The highest BCUT2D eigenvalue weighted by Crippen LogP contribution is 2.23. The number of thiocarbonyl (C=S) groups is 1. The standard InChI is InChI=1S/C14H10ClN3O3S/c15-10-6-2-1-5-9(10)13(19)17-14(22)16-11-7-3-4-8-12(11)18(20)21/h1-8H,(H2,16,17,19,22). The lowest BCUT2D eigenvalue weighted by Crippen LogP contribution is -2.34. The van der Waals surface area contributed by atoms with Crippen LogP contribution in [0.2, 0.25) is 5.02 Å². The van der Waals surface area contributed by atoms with Crippen molar-refractivity contribution >= 4 is 46.2 Å². The Morgan fingerprint density at radius 1 is 1.14 bits per heavy atom. The lowest BCUT2D eigenvalue weighted by molar-refractivity contribution is -0.383. The first-order valence-electron chi connectivity index (χ1n) is 6.09. The van der Waals surface area contributed by atoms with E-state index in [1.165, 1.54) is 18.2 Å². The predicted octanol–water partition coefficient (Wildman–Crippen LogP) is 3.38. The number of nitro groups is 1. The largest absolute Gasteiger partial charge is 0.327 e. The highest BCUT2D eigenvalue weighted by molar-refractivity contribution is 7.80. The lowest BCUT2D eigenvalue weighted by atomic mass is 10.2. The molecule has 0 aromatic heterocycles. The van der Waals surface area contributed by atoms with E-state index in [9.17, 15) is 14.9 Å². The molecule has 0 saturated carbocycles. The minimum atomic E-state index is -0.541. The van der Waals surface area contributed by atoms with Gasteiger partial charge in [-0.15, -0.1) is 0 Å². The van der Waals surface area contributed by atoms with Crippen LogP contribution in [0.25, 0.3) is 0 Å². The summed E-state index contributed by atoms with van der Waals surface area (Å²) >= 11 is 10.9. The van der Waals surface area contributed by atoms with Crippen LogP contribution in [-0.2, 0) is 0 Å². The van der Waals surface area contributed by atoms with Crippen molar-refractivity contribution in [3.05, 3.63) is 69.2 Å². The van der Waals surface area contributed by atoms with Gasteiger partial charge in [-0.2, -0.15) is 0 Å². The molecule has 0 unspecified atom stereocenters. The van der Waals surface area contributed by atoms with E-state index < -0.39 is 10.8 Å². The van der Waals surface area contributed by atoms with Crippen LogP contribution in [0.4, 0.5) is 11.4 Å². The molecule has 6 nitrogen and oxygen atoms in total. The molecular formula is C14H10ClN3O3S. The molecule has 0 heterocycles. The summed E-state index contributed by atoms with van der Waals surface area (Å²) in [6.45, 7) is 0. The highest BCUT2D eigenvalue weighted by atomic mass is 35.5. The van der Waals surface area contributed by atoms with Gasteiger partial charge < -0.3 is 5.32 Å². The Hall–Kier alpha value is -2.51. The van der Waals surface area contributed by atoms with Crippen LogP contribution < -0.4 is 10.6 Å². The zero-order valence-electron chi connectivity index (χ0n) is 11.1. The molecule has 0 atom stereocenters. The molecule has 0 aliphatic heterocycles. The molecular weight excluding hydrogens is 326 g/mol. The molecule has 0 aliphatic carbocycles. The van der Waals surface area contributed by atoms with Crippen molar-refractivity contribution in [1.29, 1.82) is 0 Å². The van der Waals surface area contributed by atoms with E-state index in [1.54, 1.807) is 30.3 Å². The zero-order chi connectivity index (χ0) is 16.1. The quantitative estimate of drug-likeness (QED) is 0.510. The second kappa shape index (κ2) is 6.97. The molecule has 2 aromatic rings. The molecule has 8 heteroatoms. The first-order chi connectivity index (χ1) is 10.5. The van der Waals surface area contributed by atoms with Crippen LogP contribution in [-0.4, -0.2) is 15.9 Å². The van der Waals surface area contributed by atoms with Crippen LogP contribution in [0, 0.1) is 10.1 Å². The predicted molar refractivity (Wildman–Crippen MR) is 88.2 cm³/mol. The van der Waals surface area contributed by atoms with E-state index in [2.05, 4.69) is 10.6 Å². The number of carbonyl (C=O) groups is 1. The summed E-state index contributed by atoms with van der Waals surface area (Å²) in [4.78, 5) is 22.4. The van der Waals surface area contributed by atoms with Crippen LogP contribution in [0.5, 0.6) is 0 Å². The lowest BCUT2D eigenvalue weighted by Gasteiger charge is -2.10. The van der Waals surface area contributed by atoms with Crippen molar-refractivity contribution in [3.8, 4) is 0 Å². The van der Waals surface area contributed by atoms with E-state index in [0.717, 1.165) is 0 Å². The minimum Gasteiger partial charge on any atom is -0.327 e. The summed E-state index contributed by atoms with van der Waals surface area (Å²) in [5, 5.41) is 16.2. The van der Waals surface area contributed by atoms with Gasteiger partial charge in [0.25, 0.3) is 11.6 Å². The minimum absolute atomic E-state index is 0.0563. The summed E-state index contributed by atoms with van der Waals surface area (Å²) < 4.78 is 0. The van der Waals surface area contributed by atoms with E-state index >= 15 is 0 Å². The third kappa shape index (κ3) is 3.78. The molecule has 0 bridgehead atoms. The summed E-state index contributed by atoms with van der Waals surface area (Å²) in [6, 6.07) is 12.5. The van der Waals surface area contributed by atoms with Gasteiger partial charge in [0.05, 0.1) is 15.5 Å². The van der Waals surface area contributed by atoms with Crippen LogP contribution >= 0.6 is 23.8 Å². The summed E-state index contributed by atoms with van der Waals surface area (Å²) in [6.07, 6.45) is 0. The number of nitrogens with one attached hydrogen (secondary N) is 2. The van der Waals surface area contributed by atoms with Gasteiger partial charge in [0, 0.05) is 6.07 Å². The molecule has 0 spiro atoms. The van der Waals surface area contributed by atoms with Crippen LogP contribution in [0.15, 0.2) is 48.5 Å². The molecule has 112 valence electrons. The van der Waals surface area contributed by atoms with Crippen LogP contribution in [0.1, 0.15) is 10.4 Å². The first-order valence-corrected chi connectivity index (χ1v) is 6.88. The van der Waals surface area contributed by atoms with Crippen molar-refractivity contribution in [2.24, 2.45) is 0 Å². The number of rotatable bonds is 3. The molecule has 0 fully saturated rings. The van der Waals surface area contributed by atoms with Gasteiger partial charge in [-0.1, -0.05) is 35.9 Å². The normalized spacial score (nSPS) is 9.86. The van der Waals surface area contributed by atoms with Gasteiger partial charge in [-0.25, -0.2) is 0 Å². The third-order valence-corrected chi connectivity index (χ3v) is 3.23. The van der Waals surface area contributed by atoms with Crippen LogP contribution in [0.3, 0.4) is 0 Å². The fraction of sp³-hybridized carbons (Fsp3) is 0. The SMILES string of the molecule is O=C(NC(=S)Nc1ccccc1[N+](=O)[O-])c1ccccc1Cl. The van der Waals surface area contributed by atoms with Gasteiger partial charge in [0.15, 0.2) is 5.11 Å². The Labute approximate surface area is 136 Å². The van der Waals surface area contributed by atoms with Crippen molar-refractivity contribution in [2.45, 2.75) is 0 Å². The number of nitro benzene ring substituents is 1. The van der Waals surface area contributed by atoms with Crippen molar-refractivity contribution in [3.63, 3.8) is 0 Å². The Kier molecular flexibility index (Phi) is 5.03. The number of amides is 1. The molecule has 2 N–H and O–H groups in total. The molecule has 0 radical (unpaired) electrons. The van der Waals surface area contributed by atoms with Crippen molar-refractivity contribution < 1.29 is 9.72 Å². The smallest absolute Gasteiger partial charge is 0.292 e. The summed E-state index contributed by atoms with van der Waals surface area (Å²) in [7, 11) is 0. The maximum atomic E-state index is 12.0. The Morgan fingerprint density at radius 3 is 2.45 bits per heavy atom. The van der Waals surface area contributed by atoms with E-state index in [-0.39, 0.29) is 27.1 Å². The van der Waals surface area contributed by atoms with E-state index in [1.807, 2.05) is 0 Å². The summed E-state index contributed by atoms with van der Waals surface area (Å²) in [5.74, 6) is -0.498. The molecule has 2 aromatic carbocycles. The molecule has 1 amide bonds. The number of hydrogen-bond acceptors (Lipinski definition) is 4. The van der Waals surface area contributed by atoms with E-state index in [4.69, 9.17) is 23.8 Å². The fourth-order valence-corrected chi connectivity index (χ4v) is 2.13. The topological polar surface area (TPSA) is 84.3 Å². The number of carbonyl (C=O) groups excluding carboxylic acids is 1. The van der Waals surface area contributed by atoms with Gasteiger partial charge in [-0.05, 0) is 30.4 Å². The number of para-hydroxylation sites is 2. The number of anilines is 1. The maximum absolute atomic E-state index is 12.0. The first kappa shape index (κ1) is 15.9. The number of halogens is 1. The average molecular weight is 336 g/mol. The number of benzene rings is 2. The van der Waals surface area contributed by atoms with Gasteiger partial charge in [-0.3, -0.25) is 20.2 Å². The fourth-order valence-electron chi connectivity index (χ4n) is 1.71.